The van der Waals surface area contributed by atoms with Crippen molar-refractivity contribution in [2.24, 2.45) is 7.05 Å². The highest BCUT2D eigenvalue weighted by Crippen LogP contribution is 2.24. The lowest BCUT2D eigenvalue weighted by molar-refractivity contribution is -0.131. The maximum atomic E-state index is 13.5. The summed E-state index contributed by atoms with van der Waals surface area (Å²) in [6.45, 7) is 7.39. The number of aryl methyl sites for hydroxylation is 1. The number of rotatable bonds is 5. The first-order chi connectivity index (χ1) is 15.5. The first-order valence-corrected chi connectivity index (χ1v) is 10.8. The number of nitrogens with one attached hydrogen (secondary N) is 2. The van der Waals surface area contributed by atoms with Crippen molar-refractivity contribution in [1.29, 1.82) is 0 Å². The van der Waals surface area contributed by atoms with E-state index in [2.05, 4.69) is 10.6 Å². The molecule has 1 aliphatic heterocycles. The molecule has 1 aliphatic rings. The fourth-order valence-electron chi connectivity index (χ4n) is 4.29. The van der Waals surface area contributed by atoms with Gasteiger partial charge in [0.15, 0.2) is 0 Å². The van der Waals surface area contributed by atoms with Gasteiger partial charge in [-0.3, -0.25) is 19.2 Å². The zero-order valence-corrected chi connectivity index (χ0v) is 19.5. The number of hydrogen-bond acceptors (Lipinski definition) is 4. The van der Waals surface area contributed by atoms with Gasteiger partial charge in [-0.05, 0) is 62.9 Å². The normalized spacial score (nSPS) is 15.8. The summed E-state index contributed by atoms with van der Waals surface area (Å²) >= 11 is 0. The molecule has 1 aromatic carbocycles. The van der Waals surface area contributed by atoms with Crippen LogP contribution >= 0.6 is 0 Å². The van der Waals surface area contributed by atoms with Crippen molar-refractivity contribution in [2.45, 2.75) is 46.6 Å². The summed E-state index contributed by atoms with van der Waals surface area (Å²) < 4.78 is 15.1. The average molecular weight is 457 g/mol. The number of Topliss-reactive ketones (excluding diaryl/α,β-unsaturated/α-hetero) is 1. The van der Waals surface area contributed by atoms with E-state index in [1.807, 2.05) is 0 Å². The maximum Gasteiger partial charge on any atom is 0.294 e. The lowest BCUT2D eigenvalue weighted by Crippen LogP contribution is -2.50. The zero-order valence-electron chi connectivity index (χ0n) is 19.5. The van der Waals surface area contributed by atoms with E-state index in [4.69, 9.17) is 0 Å². The molecule has 0 bridgehead atoms. The summed E-state index contributed by atoms with van der Waals surface area (Å²) in [7, 11) is 1.62. The van der Waals surface area contributed by atoms with Crippen LogP contribution in [0.3, 0.4) is 0 Å². The van der Waals surface area contributed by atoms with E-state index in [1.165, 1.54) is 29.7 Å². The van der Waals surface area contributed by atoms with Gasteiger partial charge in [0.2, 0.25) is 5.91 Å². The summed E-state index contributed by atoms with van der Waals surface area (Å²) in [6, 6.07) is 3.95. The standard InChI is InChI=1S/C24H29FN4O4/c1-13-11-17(8-9-19(13)25)26-23(32)20-14(2)21(28(5)15(20)3)22(31)24(33)27-18-7-6-10-29(12-18)16(4)30/h8-9,11,18H,6-7,10,12H2,1-5H3,(H,26,32)(H,27,33). The molecule has 176 valence electrons. The number of carbonyl (C=O) groups excluding carboxylic acids is 4. The van der Waals surface area contributed by atoms with Crippen molar-refractivity contribution in [1.82, 2.24) is 14.8 Å². The number of halogens is 1. The van der Waals surface area contributed by atoms with Crippen molar-refractivity contribution in [2.75, 3.05) is 18.4 Å². The van der Waals surface area contributed by atoms with E-state index in [9.17, 15) is 23.6 Å². The minimum Gasteiger partial charge on any atom is -0.345 e. The van der Waals surface area contributed by atoms with Gasteiger partial charge < -0.3 is 20.1 Å². The summed E-state index contributed by atoms with van der Waals surface area (Å²) in [5.74, 6) is -2.40. The van der Waals surface area contributed by atoms with E-state index in [0.717, 1.165) is 6.42 Å². The second-order valence-electron chi connectivity index (χ2n) is 8.52. The molecule has 0 spiro atoms. The molecule has 2 aromatic rings. The van der Waals surface area contributed by atoms with Gasteiger partial charge in [-0.25, -0.2) is 4.39 Å². The second-order valence-corrected chi connectivity index (χ2v) is 8.52. The van der Waals surface area contributed by atoms with Crippen LogP contribution in [0, 0.1) is 26.6 Å². The quantitative estimate of drug-likeness (QED) is 0.534. The topological polar surface area (TPSA) is 101 Å². The van der Waals surface area contributed by atoms with Gasteiger partial charge in [-0.15, -0.1) is 0 Å². The molecule has 1 atom stereocenters. The highest BCUT2D eigenvalue weighted by atomic mass is 19.1. The minimum absolute atomic E-state index is 0.0684. The van der Waals surface area contributed by atoms with Crippen molar-refractivity contribution in [3.8, 4) is 0 Å². The lowest BCUT2D eigenvalue weighted by atomic mass is 10.0. The number of benzene rings is 1. The van der Waals surface area contributed by atoms with E-state index in [0.29, 0.717) is 42.0 Å². The van der Waals surface area contributed by atoms with Gasteiger partial charge in [-0.1, -0.05) is 0 Å². The van der Waals surface area contributed by atoms with Crippen LogP contribution in [0.2, 0.25) is 0 Å². The average Bonchev–Trinajstić information content (AvgIpc) is 2.98. The molecule has 3 amide bonds. The largest absolute Gasteiger partial charge is 0.345 e. The van der Waals surface area contributed by atoms with Crippen LogP contribution in [0.5, 0.6) is 0 Å². The van der Waals surface area contributed by atoms with Gasteiger partial charge in [-0.2, -0.15) is 0 Å². The Labute approximate surface area is 192 Å². The van der Waals surface area contributed by atoms with Gasteiger partial charge in [0.25, 0.3) is 17.6 Å². The predicted molar refractivity (Wildman–Crippen MR) is 122 cm³/mol. The Morgan fingerprint density at radius 1 is 1.12 bits per heavy atom. The lowest BCUT2D eigenvalue weighted by Gasteiger charge is -2.32. The van der Waals surface area contributed by atoms with Crippen molar-refractivity contribution in [3.05, 3.63) is 52.1 Å². The molecule has 2 heterocycles. The molecule has 1 unspecified atom stereocenters. The number of hydrogen-bond donors (Lipinski definition) is 2. The van der Waals surface area contributed by atoms with E-state index >= 15 is 0 Å². The van der Waals surface area contributed by atoms with Crippen molar-refractivity contribution < 1.29 is 23.6 Å². The van der Waals surface area contributed by atoms with Crippen LogP contribution < -0.4 is 10.6 Å². The Kier molecular flexibility index (Phi) is 7.00. The Morgan fingerprint density at radius 3 is 2.45 bits per heavy atom. The Hall–Kier alpha value is -3.49. The molecule has 8 nitrogen and oxygen atoms in total. The molecule has 0 aliphatic carbocycles. The zero-order chi connectivity index (χ0) is 24.4. The van der Waals surface area contributed by atoms with Crippen LogP contribution in [0.4, 0.5) is 10.1 Å². The van der Waals surface area contributed by atoms with E-state index < -0.39 is 17.6 Å². The van der Waals surface area contributed by atoms with Crippen LogP contribution in [-0.2, 0) is 16.6 Å². The van der Waals surface area contributed by atoms with Crippen LogP contribution in [0.15, 0.2) is 18.2 Å². The highest BCUT2D eigenvalue weighted by molar-refractivity contribution is 6.43. The van der Waals surface area contributed by atoms with E-state index in [-0.39, 0.29) is 29.0 Å². The molecule has 0 radical (unpaired) electrons. The molecule has 1 saturated heterocycles. The number of carbonyl (C=O) groups is 4. The molecular formula is C24H29FN4O4. The summed E-state index contributed by atoms with van der Waals surface area (Å²) in [6.07, 6.45) is 1.42. The number of amides is 3. The maximum absolute atomic E-state index is 13.5. The number of ketones is 1. The third-order valence-corrected chi connectivity index (χ3v) is 6.20. The Balaban J connectivity index is 1.79. The van der Waals surface area contributed by atoms with Gasteiger partial charge >= 0.3 is 0 Å². The number of anilines is 1. The second kappa shape index (κ2) is 9.56. The van der Waals surface area contributed by atoms with Crippen molar-refractivity contribution >= 4 is 29.2 Å². The first kappa shape index (κ1) is 24.2. The fraction of sp³-hybridized carbons (Fsp3) is 0.417. The smallest absolute Gasteiger partial charge is 0.294 e. The van der Waals surface area contributed by atoms with Gasteiger partial charge in [0, 0.05) is 44.5 Å². The van der Waals surface area contributed by atoms with Gasteiger partial charge in [0.05, 0.1) is 11.3 Å². The number of nitrogens with zero attached hydrogens (tertiary/aromatic N) is 2. The fourth-order valence-corrected chi connectivity index (χ4v) is 4.29. The molecule has 0 saturated carbocycles. The van der Waals surface area contributed by atoms with Crippen LogP contribution in [-0.4, -0.2) is 52.1 Å². The molecule has 3 rings (SSSR count). The molecule has 1 fully saturated rings. The Morgan fingerprint density at radius 2 is 1.82 bits per heavy atom. The van der Waals surface area contributed by atoms with Crippen LogP contribution in [0.1, 0.15) is 57.4 Å². The summed E-state index contributed by atoms with van der Waals surface area (Å²) in [4.78, 5) is 52.0. The number of likely N-dealkylation sites (tertiary alicyclic amines) is 1. The number of piperidine rings is 1. The first-order valence-electron chi connectivity index (χ1n) is 10.8. The third kappa shape index (κ3) is 4.97. The summed E-state index contributed by atoms with van der Waals surface area (Å²) in [5, 5.41) is 5.46. The monoisotopic (exact) mass is 456 g/mol. The van der Waals surface area contributed by atoms with E-state index in [1.54, 1.807) is 32.7 Å². The Bertz CT molecular complexity index is 1140. The predicted octanol–water partition coefficient (Wildman–Crippen LogP) is 2.65. The summed E-state index contributed by atoms with van der Waals surface area (Å²) in [5.41, 5.74) is 2.16. The number of aromatic nitrogens is 1. The molecule has 1 aromatic heterocycles. The SMILES string of the molecule is CC(=O)N1CCCC(NC(=O)C(=O)c2c(C)c(C(=O)Nc3ccc(F)c(C)c3)c(C)n2C)C1. The molecular weight excluding hydrogens is 427 g/mol. The van der Waals surface area contributed by atoms with Crippen LogP contribution in [0.25, 0.3) is 0 Å². The molecule has 33 heavy (non-hydrogen) atoms. The third-order valence-electron chi connectivity index (χ3n) is 6.20. The van der Waals surface area contributed by atoms with Gasteiger partial charge in [0.1, 0.15) is 5.82 Å². The van der Waals surface area contributed by atoms with Crippen molar-refractivity contribution in [3.63, 3.8) is 0 Å². The minimum atomic E-state index is -0.768. The highest BCUT2D eigenvalue weighted by Gasteiger charge is 2.31. The molecule has 2 N–H and O–H groups in total. The molecule has 9 heteroatoms.